The minimum Gasteiger partial charge on any atom is -0.388 e. The van der Waals surface area contributed by atoms with Crippen molar-refractivity contribution >= 4 is 28.5 Å². The quantitative estimate of drug-likeness (QED) is 0.0970. The Labute approximate surface area is 257 Å². The lowest BCUT2D eigenvalue weighted by Gasteiger charge is -2.20. The highest BCUT2D eigenvalue weighted by Crippen LogP contribution is 2.31. The number of aromatic nitrogens is 3. The zero-order valence-electron chi connectivity index (χ0n) is 25.5. The topological polar surface area (TPSA) is 127 Å². The molecule has 0 aliphatic carbocycles. The maximum absolute atomic E-state index is 15.1. The molecule has 43 heavy (non-hydrogen) atoms. The second-order valence-electron chi connectivity index (χ2n) is 11.5. The van der Waals surface area contributed by atoms with Crippen LogP contribution in [0.5, 0.6) is 0 Å². The van der Waals surface area contributed by atoms with Crippen LogP contribution in [0.1, 0.15) is 77.0 Å². The summed E-state index contributed by atoms with van der Waals surface area (Å²) in [5.41, 5.74) is 15.2. The fraction of sp³-hybridized carbons (Fsp3) is 0.424. The lowest BCUT2D eigenvalue weighted by Crippen LogP contribution is -2.25. The molecule has 6 N–H and O–H groups in total. The number of nitrogens with one attached hydrogen (secondary N) is 2. The first-order chi connectivity index (χ1) is 20.5. The molecule has 2 heterocycles. The number of nitrogens with two attached hydrogens (primary N) is 2. The average molecular weight is 608 g/mol. The molecule has 8 nitrogen and oxygen atoms in total. The summed E-state index contributed by atoms with van der Waals surface area (Å²) in [5.74, 6) is 0.0865. The van der Waals surface area contributed by atoms with Gasteiger partial charge in [0, 0.05) is 29.2 Å². The monoisotopic (exact) mass is 607 g/mol. The summed E-state index contributed by atoms with van der Waals surface area (Å²) >= 11 is 6.26. The number of nitrogens with zero attached hydrogens (tertiary/aromatic N) is 3. The summed E-state index contributed by atoms with van der Waals surface area (Å²) in [6, 6.07) is 13.7. The maximum atomic E-state index is 15.1. The van der Waals surface area contributed by atoms with Gasteiger partial charge >= 0.3 is 5.69 Å². The summed E-state index contributed by atoms with van der Waals surface area (Å²) in [7, 11) is 0. The second kappa shape index (κ2) is 14.8. The zero-order chi connectivity index (χ0) is 31.1. The Hall–Kier alpha value is -3.53. The fourth-order valence-corrected chi connectivity index (χ4v) is 5.60. The minimum absolute atomic E-state index is 0.0594. The molecule has 2 aromatic carbocycles. The Kier molecular flexibility index (Phi) is 11.1. The van der Waals surface area contributed by atoms with Crippen molar-refractivity contribution in [2.24, 2.45) is 16.5 Å². The highest BCUT2D eigenvalue weighted by molar-refractivity contribution is 6.31. The maximum Gasteiger partial charge on any atom is 0.354 e. The van der Waals surface area contributed by atoms with E-state index in [1.54, 1.807) is 31.3 Å². The van der Waals surface area contributed by atoms with Crippen LogP contribution in [-0.4, -0.2) is 39.0 Å². The Balaban J connectivity index is 1.55. The van der Waals surface area contributed by atoms with Crippen LogP contribution in [0.2, 0.25) is 5.02 Å². The normalized spacial score (nSPS) is 14.3. The summed E-state index contributed by atoms with van der Waals surface area (Å²) in [6.07, 6.45) is 7.13. The fourth-order valence-electron chi connectivity index (χ4n) is 5.36. The van der Waals surface area contributed by atoms with Crippen LogP contribution >= 0.6 is 11.6 Å². The van der Waals surface area contributed by atoms with Gasteiger partial charge in [-0.05, 0) is 101 Å². The standard InChI is InChI=1S/C33H43ClFN7O/c1-5-7-29(38-15-14-21(3)39-22(4)37)24-10-12-26(13-11-24)42-19-25-18-30(40-32(25)41-33(42)43)27-16-23(9-6-8-20(2)36)17-28(34)31(27)35/h10-13,16-21,29,38H,5-9,14-15,36H2,1-4H3,(H2,37,39)(H,40,41,43). The van der Waals surface area contributed by atoms with E-state index in [-0.39, 0.29) is 23.1 Å². The highest BCUT2D eigenvalue weighted by Gasteiger charge is 2.16. The number of benzene rings is 2. The van der Waals surface area contributed by atoms with Crippen molar-refractivity contribution in [3.8, 4) is 16.9 Å². The van der Waals surface area contributed by atoms with Crippen LogP contribution in [0, 0.1) is 5.82 Å². The van der Waals surface area contributed by atoms with Gasteiger partial charge in [0.1, 0.15) is 5.65 Å². The van der Waals surface area contributed by atoms with E-state index in [4.69, 9.17) is 23.1 Å². The molecular formula is C33H43ClFN7O. The van der Waals surface area contributed by atoms with E-state index in [0.717, 1.165) is 56.2 Å². The number of amidine groups is 1. The lowest BCUT2D eigenvalue weighted by atomic mass is 10.0. The number of aliphatic imine (C=N–C) groups is 1. The Bertz CT molecular complexity index is 1610. The van der Waals surface area contributed by atoms with Crippen LogP contribution < -0.4 is 22.5 Å². The molecule has 4 rings (SSSR count). The van der Waals surface area contributed by atoms with Crippen LogP contribution in [-0.2, 0) is 6.42 Å². The Morgan fingerprint density at radius 2 is 1.91 bits per heavy atom. The van der Waals surface area contributed by atoms with Gasteiger partial charge < -0.3 is 21.8 Å². The van der Waals surface area contributed by atoms with Crippen molar-refractivity contribution in [1.82, 2.24) is 19.9 Å². The molecule has 0 saturated heterocycles. The molecule has 0 radical (unpaired) electrons. The molecular weight excluding hydrogens is 565 g/mol. The minimum atomic E-state index is -0.512. The molecule has 230 valence electrons. The van der Waals surface area contributed by atoms with E-state index >= 15 is 4.39 Å². The predicted molar refractivity (Wildman–Crippen MR) is 176 cm³/mol. The number of rotatable bonds is 14. The van der Waals surface area contributed by atoms with Crippen LogP contribution in [0.15, 0.2) is 58.4 Å². The third-order valence-electron chi connectivity index (χ3n) is 7.54. The number of hydrogen-bond donors (Lipinski definition) is 4. The number of aryl methyl sites for hydroxylation is 1. The van der Waals surface area contributed by atoms with Crippen molar-refractivity contribution < 1.29 is 4.39 Å². The molecule has 2 aromatic heterocycles. The molecule has 3 unspecified atom stereocenters. The van der Waals surface area contributed by atoms with Gasteiger partial charge in [-0.15, -0.1) is 0 Å². The largest absolute Gasteiger partial charge is 0.388 e. The molecule has 0 bridgehead atoms. The zero-order valence-corrected chi connectivity index (χ0v) is 26.2. The first kappa shape index (κ1) is 32.4. The van der Waals surface area contributed by atoms with E-state index in [1.807, 2.05) is 31.2 Å². The van der Waals surface area contributed by atoms with Crippen molar-refractivity contribution in [2.45, 2.75) is 84.3 Å². The summed E-state index contributed by atoms with van der Waals surface area (Å²) in [6.45, 7) is 8.82. The highest BCUT2D eigenvalue weighted by atomic mass is 35.5. The smallest absolute Gasteiger partial charge is 0.354 e. The molecule has 4 aromatic rings. The summed E-state index contributed by atoms with van der Waals surface area (Å²) in [4.78, 5) is 24.8. The molecule has 0 fully saturated rings. The Morgan fingerprint density at radius 3 is 2.58 bits per heavy atom. The number of aromatic amines is 1. The van der Waals surface area contributed by atoms with Crippen LogP contribution in [0.4, 0.5) is 4.39 Å². The van der Waals surface area contributed by atoms with Crippen LogP contribution in [0.25, 0.3) is 28.0 Å². The van der Waals surface area contributed by atoms with E-state index in [0.29, 0.717) is 33.8 Å². The predicted octanol–water partition coefficient (Wildman–Crippen LogP) is 6.43. The second-order valence-corrected chi connectivity index (χ2v) is 11.9. The molecule has 3 atom stereocenters. The molecule has 0 aliphatic heterocycles. The van der Waals surface area contributed by atoms with Gasteiger partial charge in [-0.2, -0.15) is 4.98 Å². The number of H-pyrrole nitrogens is 1. The molecule has 0 saturated carbocycles. The van der Waals surface area contributed by atoms with E-state index in [2.05, 4.69) is 34.1 Å². The Morgan fingerprint density at radius 1 is 1.16 bits per heavy atom. The third kappa shape index (κ3) is 8.53. The van der Waals surface area contributed by atoms with Gasteiger partial charge in [-0.1, -0.05) is 37.1 Å². The van der Waals surface area contributed by atoms with Gasteiger partial charge in [0.25, 0.3) is 0 Å². The van der Waals surface area contributed by atoms with Crippen molar-refractivity contribution in [2.75, 3.05) is 6.54 Å². The third-order valence-corrected chi connectivity index (χ3v) is 7.81. The molecule has 10 heteroatoms. The van der Waals surface area contributed by atoms with Gasteiger partial charge in [0.15, 0.2) is 5.82 Å². The first-order valence-electron chi connectivity index (χ1n) is 15.1. The van der Waals surface area contributed by atoms with E-state index < -0.39 is 11.5 Å². The van der Waals surface area contributed by atoms with Crippen molar-refractivity contribution in [3.63, 3.8) is 0 Å². The van der Waals surface area contributed by atoms with E-state index in [1.165, 1.54) is 4.57 Å². The number of hydrogen-bond acceptors (Lipinski definition) is 5. The van der Waals surface area contributed by atoms with Gasteiger partial charge in [-0.3, -0.25) is 9.56 Å². The van der Waals surface area contributed by atoms with Crippen LogP contribution in [0.3, 0.4) is 0 Å². The van der Waals surface area contributed by atoms with Crippen molar-refractivity contribution in [1.29, 1.82) is 0 Å². The number of fused-ring (bicyclic) bond motifs is 1. The van der Waals surface area contributed by atoms with Crippen molar-refractivity contribution in [3.05, 3.63) is 81.1 Å². The first-order valence-corrected chi connectivity index (χ1v) is 15.4. The van der Waals surface area contributed by atoms with Gasteiger partial charge in [0.05, 0.1) is 28.3 Å². The summed E-state index contributed by atoms with van der Waals surface area (Å²) < 4.78 is 16.6. The lowest BCUT2D eigenvalue weighted by molar-refractivity contribution is 0.474. The molecule has 0 amide bonds. The molecule has 0 spiro atoms. The number of halogens is 2. The SMILES string of the molecule is CCCC(NCCC(C)N=C(C)N)c1ccc(-n2cc3cc(-c4cc(CCCC(C)N)cc(Cl)c4F)[nH]c3nc2=O)cc1. The van der Waals surface area contributed by atoms with Gasteiger partial charge in [-0.25, -0.2) is 9.18 Å². The average Bonchev–Trinajstić information content (AvgIpc) is 3.36. The van der Waals surface area contributed by atoms with Gasteiger partial charge in [0.2, 0.25) is 0 Å². The summed E-state index contributed by atoms with van der Waals surface area (Å²) in [5, 5.41) is 4.39. The van der Waals surface area contributed by atoms with E-state index in [9.17, 15) is 4.79 Å². The molecule has 0 aliphatic rings.